The smallest absolute Gasteiger partial charge is 0.248 e. The van der Waals surface area contributed by atoms with E-state index in [4.69, 9.17) is 17.3 Å². The number of nitrogens with one attached hydrogen (secondary N) is 1. The molecule has 0 aliphatic heterocycles. The molecule has 98 valence electrons. The van der Waals surface area contributed by atoms with E-state index in [1.807, 2.05) is 31.2 Å². The average Bonchev–Trinajstić information content (AvgIpc) is 2.37. The lowest BCUT2D eigenvalue weighted by Crippen LogP contribution is -2.11. The zero-order valence-corrected chi connectivity index (χ0v) is 11.4. The Balaban J connectivity index is 2.10. The molecular weight excluding hydrogens is 260 g/mol. The number of amides is 1. The monoisotopic (exact) mass is 274 g/mol. The van der Waals surface area contributed by atoms with Crippen LogP contribution in [0.4, 0.5) is 5.69 Å². The maximum atomic E-state index is 11.0. The van der Waals surface area contributed by atoms with Gasteiger partial charge in [-0.15, -0.1) is 0 Å². The summed E-state index contributed by atoms with van der Waals surface area (Å²) in [5.41, 5.74) is 8.78. The lowest BCUT2D eigenvalue weighted by Gasteiger charge is -2.09. The molecule has 19 heavy (non-hydrogen) atoms. The molecule has 3 nitrogen and oxygen atoms in total. The third kappa shape index (κ3) is 3.48. The molecule has 2 rings (SSSR count). The molecule has 0 heterocycles. The van der Waals surface area contributed by atoms with Crippen molar-refractivity contribution < 1.29 is 4.79 Å². The summed E-state index contributed by atoms with van der Waals surface area (Å²) >= 11 is 6.12. The first kappa shape index (κ1) is 13.4. The molecular formula is C15H15ClN2O. The van der Waals surface area contributed by atoms with E-state index < -0.39 is 5.91 Å². The van der Waals surface area contributed by atoms with Crippen LogP contribution in [-0.4, -0.2) is 5.91 Å². The summed E-state index contributed by atoms with van der Waals surface area (Å²) in [7, 11) is 0. The first-order chi connectivity index (χ1) is 9.06. The highest BCUT2D eigenvalue weighted by Crippen LogP contribution is 2.19. The molecule has 3 N–H and O–H groups in total. The van der Waals surface area contributed by atoms with Crippen LogP contribution in [0, 0.1) is 6.92 Å². The number of rotatable bonds is 4. The number of hydrogen-bond acceptors (Lipinski definition) is 2. The quantitative estimate of drug-likeness (QED) is 0.898. The summed E-state index contributed by atoms with van der Waals surface area (Å²) in [5, 5.41) is 3.83. The molecule has 0 fully saturated rings. The fraction of sp³-hybridized carbons (Fsp3) is 0.133. The average molecular weight is 275 g/mol. The van der Waals surface area contributed by atoms with Crippen LogP contribution in [0.25, 0.3) is 0 Å². The molecule has 0 saturated carbocycles. The minimum Gasteiger partial charge on any atom is -0.381 e. The van der Waals surface area contributed by atoms with Gasteiger partial charge < -0.3 is 11.1 Å². The van der Waals surface area contributed by atoms with E-state index in [-0.39, 0.29) is 0 Å². The molecule has 0 aliphatic rings. The minimum atomic E-state index is -0.472. The van der Waals surface area contributed by atoms with Crippen molar-refractivity contribution in [1.82, 2.24) is 0 Å². The molecule has 4 heteroatoms. The Morgan fingerprint density at radius 3 is 2.68 bits per heavy atom. The third-order valence-electron chi connectivity index (χ3n) is 2.84. The van der Waals surface area contributed by atoms with Gasteiger partial charge in [0.05, 0.1) is 0 Å². The van der Waals surface area contributed by atoms with E-state index in [9.17, 15) is 4.79 Å². The molecule has 0 aliphatic carbocycles. The predicted octanol–water partition coefficient (Wildman–Crippen LogP) is 3.36. The van der Waals surface area contributed by atoms with Crippen LogP contribution in [0.15, 0.2) is 42.5 Å². The van der Waals surface area contributed by atoms with Crippen molar-refractivity contribution in [3.05, 3.63) is 64.2 Å². The van der Waals surface area contributed by atoms with Crippen molar-refractivity contribution in [3.63, 3.8) is 0 Å². The van der Waals surface area contributed by atoms with E-state index in [0.29, 0.717) is 17.1 Å². The Morgan fingerprint density at radius 2 is 2.05 bits per heavy atom. The van der Waals surface area contributed by atoms with Crippen LogP contribution < -0.4 is 11.1 Å². The van der Waals surface area contributed by atoms with E-state index >= 15 is 0 Å². The van der Waals surface area contributed by atoms with Gasteiger partial charge >= 0.3 is 0 Å². The summed E-state index contributed by atoms with van der Waals surface area (Å²) in [6, 6.07) is 13.2. The maximum absolute atomic E-state index is 11.0. The number of anilines is 1. The largest absolute Gasteiger partial charge is 0.381 e. The van der Waals surface area contributed by atoms with E-state index in [1.165, 1.54) is 5.56 Å². The summed E-state index contributed by atoms with van der Waals surface area (Å²) in [6.07, 6.45) is 0. The summed E-state index contributed by atoms with van der Waals surface area (Å²) in [4.78, 5) is 11.0. The van der Waals surface area contributed by atoms with Gasteiger partial charge in [0.15, 0.2) is 0 Å². The SMILES string of the molecule is Cc1cccc(NCc2ccc(C(N)=O)cc2Cl)c1. The fourth-order valence-electron chi connectivity index (χ4n) is 1.80. The molecule has 0 atom stereocenters. The number of benzene rings is 2. The molecule has 0 spiro atoms. The van der Waals surface area contributed by atoms with E-state index in [0.717, 1.165) is 11.3 Å². The highest BCUT2D eigenvalue weighted by atomic mass is 35.5. The number of aryl methyl sites for hydroxylation is 1. The van der Waals surface area contributed by atoms with Crippen molar-refractivity contribution in [3.8, 4) is 0 Å². The minimum absolute atomic E-state index is 0.421. The van der Waals surface area contributed by atoms with Crippen LogP contribution >= 0.6 is 11.6 Å². The summed E-state index contributed by atoms with van der Waals surface area (Å²) in [6.45, 7) is 2.64. The Kier molecular flexibility index (Phi) is 4.07. The molecule has 0 radical (unpaired) electrons. The number of carbonyl (C=O) groups excluding carboxylic acids is 1. The van der Waals surface area contributed by atoms with Gasteiger partial charge in [0.2, 0.25) is 5.91 Å². The number of carbonyl (C=O) groups is 1. The number of hydrogen-bond donors (Lipinski definition) is 2. The Bertz CT molecular complexity index is 611. The van der Waals surface area contributed by atoms with Crippen molar-refractivity contribution in [2.24, 2.45) is 5.73 Å². The van der Waals surface area contributed by atoms with Crippen LogP contribution in [0.2, 0.25) is 5.02 Å². The molecule has 0 aromatic heterocycles. The Labute approximate surface area is 117 Å². The first-order valence-electron chi connectivity index (χ1n) is 5.95. The topological polar surface area (TPSA) is 55.1 Å². The van der Waals surface area contributed by atoms with Crippen LogP contribution in [-0.2, 0) is 6.54 Å². The van der Waals surface area contributed by atoms with Gasteiger partial charge in [0.1, 0.15) is 0 Å². The highest BCUT2D eigenvalue weighted by molar-refractivity contribution is 6.31. The second kappa shape index (κ2) is 5.76. The van der Waals surface area contributed by atoms with Crippen LogP contribution in [0.3, 0.4) is 0 Å². The Hall–Kier alpha value is -2.00. The van der Waals surface area contributed by atoms with Crippen LogP contribution in [0.1, 0.15) is 21.5 Å². The third-order valence-corrected chi connectivity index (χ3v) is 3.19. The van der Waals surface area contributed by atoms with Crippen molar-refractivity contribution in [2.45, 2.75) is 13.5 Å². The number of nitrogens with two attached hydrogens (primary N) is 1. The normalized spacial score (nSPS) is 10.2. The molecule has 0 saturated heterocycles. The second-order valence-corrected chi connectivity index (χ2v) is 4.80. The van der Waals surface area contributed by atoms with Crippen molar-refractivity contribution in [2.75, 3.05) is 5.32 Å². The number of halogens is 1. The van der Waals surface area contributed by atoms with Gasteiger partial charge in [0.25, 0.3) is 0 Å². The van der Waals surface area contributed by atoms with Gasteiger partial charge in [-0.25, -0.2) is 0 Å². The lowest BCUT2D eigenvalue weighted by molar-refractivity contribution is 0.100. The van der Waals surface area contributed by atoms with Gasteiger partial charge in [-0.2, -0.15) is 0 Å². The molecule has 0 bridgehead atoms. The van der Waals surface area contributed by atoms with Gasteiger partial charge in [-0.05, 0) is 42.3 Å². The van der Waals surface area contributed by atoms with E-state index in [2.05, 4.69) is 11.4 Å². The standard InChI is InChI=1S/C15H15ClN2O/c1-10-3-2-4-13(7-10)18-9-12-6-5-11(15(17)19)8-14(12)16/h2-8,18H,9H2,1H3,(H2,17,19). The summed E-state index contributed by atoms with van der Waals surface area (Å²) < 4.78 is 0. The molecule has 1 amide bonds. The van der Waals surface area contributed by atoms with Gasteiger partial charge in [-0.3, -0.25) is 4.79 Å². The highest BCUT2D eigenvalue weighted by Gasteiger charge is 2.05. The lowest BCUT2D eigenvalue weighted by atomic mass is 10.1. The van der Waals surface area contributed by atoms with Crippen molar-refractivity contribution >= 4 is 23.2 Å². The Morgan fingerprint density at radius 1 is 1.26 bits per heavy atom. The predicted molar refractivity (Wildman–Crippen MR) is 78.5 cm³/mol. The molecule has 0 unspecified atom stereocenters. The molecule has 2 aromatic carbocycles. The fourth-order valence-corrected chi connectivity index (χ4v) is 2.04. The first-order valence-corrected chi connectivity index (χ1v) is 6.33. The maximum Gasteiger partial charge on any atom is 0.248 e. The summed E-state index contributed by atoms with van der Waals surface area (Å²) in [5.74, 6) is -0.472. The van der Waals surface area contributed by atoms with Crippen molar-refractivity contribution in [1.29, 1.82) is 0 Å². The van der Waals surface area contributed by atoms with Gasteiger partial charge in [-0.1, -0.05) is 29.8 Å². The van der Waals surface area contributed by atoms with Gasteiger partial charge in [0, 0.05) is 22.8 Å². The van der Waals surface area contributed by atoms with Crippen LogP contribution in [0.5, 0.6) is 0 Å². The molecule has 2 aromatic rings. The number of primary amides is 1. The van der Waals surface area contributed by atoms with E-state index in [1.54, 1.807) is 12.1 Å². The zero-order chi connectivity index (χ0) is 13.8. The second-order valence-electron chi connectivity index (χ2n) is 4.39. The zero-order valence-electron chi connectivity index (χ0n) is 10.6.